The van der Waals surface area contributed by atoms with Gasteiger partial charge in [-0.15, -0.1) is 11.6 Å². The van der Waals surface area contributed by atoms with Gasteiger partial charge in [-0.1, -0.05) is 18.2 Å². The smallest absolute Gasteiger partial charge is 0.268 e. The molecule has 1 aromatic heterocycles. The van der Waals surface area contributed by atoms with E-state index in [4.69, 9.17) is 16.0 Å². The monoisotopic (exact) mass is 389 g/mol. The highest BCUT2D eigenvalue weighted by atomic mass is 79.9. The molecule has 3 rings (SSSR count). The SMILES string of the molecule is CC1Cc2ccccc2N1S(=O)(=O)c1cc(CCl)oc1Br. The summed E-state index contributed by atoms with van der Waals surface area (Å²) in [6.07, 6.45) is 0.702. The number of sulfonamides is 1. The van der Waals surface area contributed by atoms with Crippen LogP contribution in [-0.4, -0.2) is 14.5 Å². The lowest BCUT2D eigenvalue weighted by Gasteiger charge is -2.23. The van der Waals surface area contributed by atoms with Crippen LogP contribution in [0.1, 0.15) is 18.2 Å². The molecule has 1 atom stereocenters. The summed E-state index contributed by atoms with van der Waals surface area (Å²) in [6.45, 7) is 1.90. The molecular formula is C14H13BrClNO3S. The lowest BCUT2D eigenvalue weighted by molar-refractivity contribution is 0.497. The minimum Gasteiger partial charge on any atom is -0.452 e. The van der Waals surface area contributed by atoms with Crippen LogP contribution in [0.25, 0.3) is 0 Å². The van der Waals surface area contributed by atoms with Crippen molar-refractivity contribution in [3.63, 3.8) is 0 Å². The fourth-order valence-corrected chi connectivity index (χ4v) is 5.44. The average Bonchev–Trinajstić information content (AvgIpc) is 2.98. The minimum atomic E-state index is -3.69. The molecule has 0 bridgehead atoms. The molecule has 112 valence electrons. The summed E-state index contributed by atoms with van der Waals surface area (Å²) in [5, 5.41) is 0. The van der Waals surface area contributed by atoms with Crippen LogP contribution in [0.5, 0.6) is 0 Å². The maximum Gasteiger partial charge on any atom is 0.268 e. The second-order valence-corrected chi connectivity index (χ2v) is 7.74. The molecule has 2 heterocycles. The van der Waals surface area contributed by atoms with Gasteiger partial charge in [0.2, 0.25) is 0 Å². The largest absolute Gasteiger partial charge is 0.452 e. The molecule has 21 heavy (non-hydrogen) atoms. The number of hydrogen-bond acceptors (Lipinski definition) is 3. The predicted molar refractivity (Wildman–Crippen MR) is 85.2 cm³/mol. The summed E-state index contributed by atoms with van der Waals surface area (Å²) in [4.78, 5) is 0.113. The van der Waals surface area contributed by atoms with E-state index in [-0.39, 0.29) is 21.5 Å². The Morgan fingerprint density at radius 1 is 1.43 bits per heavy atom. The highest BCUT2D eigenvalue weighted by Gasteiger charge is 2.38. The van der Waals surface area contributed by atoms with E-state index in [1.807, 2.05) is 31.2 Å². The van der Waals surface area contributed by atoms with E-state index in [2.05, 4.69) is 15.9 Å². The molecule has 7 heteroatoms. The number of hydrogen-bond donors (Lipinski definition) is 0. The maximum atomic E-state index is 13.0. The number of benzene rings is 1. The Balaban J connectivity index is 2.12. The van der Waals surface area contributed by atoms with Gasteiger partial charge in [0.25, 0.3) is 10.0 Å². The average molecular weight is 391 g/mol. The van der Waals surface area contributed by atoms with Gasteiger partial charge in [0.15, 0.2) is 4.67 Å². The zero-order valence-electron chi connectivity index (χ0n) is 11.2. The first-order valence-electron chi connectivity index (χ1n) is 6.41. The Hall–Kier alpha value is -0.980. The van der Waals surface area contributed by atoms with Gasteiger partial charge in [0, 0.05) is 12.1 Å². The Kier molecular flexibility index (Phi) is 3.80. The van der Waals surface area contributed by atoms with Crippen LogP contribution in [0.4, 0.5) is 5.69 Å². The van der Waals surface area contributed by atoms with Crippen LogP contribution >= 0.6 is 27.5 Å². The Morgan fingerprint density at radius 2 is 2.14 bits per heavy atom. The number of halogens is 2. The van der Waals surface area contributed by atoms with Gasteiger partial charge < -0.3 is 4.42 Å². The van der Waals surface area contributed by atoms with Gasteiger partial charge in [-0.2, -0.15) is 0 Å². The van der Waals surface area contributed by atoms with E-state index in [1.54, 1.807) is 0 Å². The number of fused-ring (bicyclic) bond motifs is 1. The van der Waals surface area contributed by atoms with Gasteiger partial charge in [-0.3, -0.25) is 4.31 Å². The standard InChI is InChI=1S/C14H13BrClNO3S/c1-9-6-10-4-2-3-5-12(10)17(9)21(18,19)13-7-11(8-16)20-14(13)15/h2-5,7,9H,6,8H2,1H3. The van der Waals surface area contributed by atoms with E-state index in [1.165, 1.54) is 10.4 Å². The zero-order valence-corrected chi connectivity index (χ0v) is 14.4. The number of furan rings is 1. The van der Waals surface area contributed by atoms with Crippen molar-refractivity contribution in [2.75, 3.05) is 4.31 Å². The molecule has 0 amide bonds. The van der Waals surface area contributed by atoms with Gasteiger partial charge >= 0.3 is 0 Å². The van der Waals surface area contributed by atoms with Crippen LogP contribution in [0, 0.1) is 0 Å². The third-order valence-corrected chi connectivity index (χ3v) is 6.57. The van der Waals surface area contributed by atoms with Crippen LogP contribution < -0.4 is 4.31 Å². The van der Waals surface area contributed by atoms with Crippen molar-refractivity contribution < 1.29 is 12.8 Å². The van der Waals surface area contributed by atoms with Crippen molar-refractivity contribution >= 4 is 43.2 Å². The molecule has 4 nitrogen and oxygen atoms in total. The van der Waals surface area contributed by atoms with Crippen LogP contribution in [0.15, 0.2) is 44.3 Å². The fourth-order valence-electron chi connectivity index (χ4n) is 2.65. The Bertz CT molecular complexity index is 787. The quantitative estimate of drug-likeness (QED) is 0.746. The highest BCUT2D eigenvalue weighted by Crippen LogP contribution is 2.39. The summed E-state index contributed by atoms with van der Waals surface area (Å²) in [7, 11) is -3.69. The molecule has 0 N–H and O–H groups in total. The van der Waals surface area contributed by atoms with Crippen molar-refractivity contribution in [2.45, 2.75) is 30.2 Å². The van der Waals surface area contributed by atoms with Crippen LogP contribution in [-0.2, 0) is 22.3 Å². The van der Waals surface area contributed by atoms with Gasteiger partial charge in [0.1, 0.15) is 10.7 Å². The summed E-state index contributed by atoms with van der Waals surface area (Å²) in [6, 6.07) is 8.88. The second kappa shape index (κ2) is 5.34. The number of rotatable bonds is 3. The van der Waals surface area contributed by atoms with E-state index >= 15 is 0 Å². The lowest BCUT2D eigenvalue weighted by Crippen LogP contribution is -2.35. The lowest BCUT2D eigenvalue weighted by atomic mass is 10.1. The molecule has 1 unspecified atom stereocenters. The minimum absolute atomic E-state index is 0.113. The molecule has 0 aliphatic carbocycles. The van der Waals surface area contributed by atoms with Crippen molar-refractivity contribution in [1.29, 1.82) is 0 Å². The molecule has 0 fully saturated rings. The summed E-state index contributed by atoms with van der Waals surface area (Å²) >= 11 is 8.88. The molecule has 0 saturated carbocycles. The van der Waals surface area contributed by atoms with Crippen LogP contribution in [0.3, 0.4) is 0 Å². The maximum absolute atomic E-state index is 13.0. The zero-order chi connectivity index (χ0) is 15.2. The van der Waals surface area contributed by atoms with Crippen LogP contribution in [0.2, 0.25) is 0 Å². The molecular weight excluding hydrogens is 378 g/mol. The molecule has 1 aromatic carbocycles. The molecule has 0 spiro atoms. The van der Waals surface area contributed by atoms with E-state index in [0.717, 1.165) is 11.3 Å². The Morgan fingerprint density at radius 3 is 2.81 bits per heavy atom. The summed E-state index contributed by atoms with van der Waals surface area (Å²) in [5.74, 6) is 0.544. The summed E-state index contributed by atoms with van der Waals surface area (Å²) in [5.41, 5.74) is 1.76. The predicted octanol–water partition coefficient (Wildman–Crippen LogP) is 3.92. The Labute approximate surface area is 136 Å². The summed E-state index contributed by atoms with van der Waals surface area (Å²) < 4.78 is 32.9. The molecule has 1 aliphatic heterocycles. The number of anilines is 1. The van der Waals surface area contributed by atoms with Crippen molar-refractivity contribution in [1.82, 2.24) is 0 Å². The highest BCUT2D eigenvalue weighted by molar-refractivity contribution is 9.10. The third kappa shape index (κ3) is 2.39. The normalized spacial score (nSPS) is 18.0. The van der Waals surface area contributed by atoms with E-state index < -0.39 is 10.0 Å². The number of alkyl halides is 1. The molecule has 2 aromatic rings. The first-order chi connectivity index (χ1) is 9.95. The van der Waals surface area contributed by atoms with Crippen molar-refractivity contribution in [3.05, 3.63) is 46.3 Å². The fraction of sp³-hybridized carbons (Fsp3) is 0.286. The molecule has 0 radical (unpaired) electrons. The van der Waals surface area contributed by atoms with Gasteiger partial charge in [0.05, 0.1) is 11.6 Å². The topological polar surface area (TPSA) is 50.5 Å². The van der Waals surface area contributed by atoms with E-state index in [9.17, 15) is 8.42 Å². The number of para-hydroxylation sites is 1. The molecule has 0 saturated heterocycles. The van der Waals surface area contributed by atoms with E-state index in [0.29, 0.717) is 12.2 Å². The van der Waals surface area contributed by atoms with Gasteiger partial charge in [-0.25, -0.2) is 8.42 Å². The van der Waals surface area contributed by atoms with Crippen molar-refractivity contribution in [3.8, 4) is 0 Å². The molecule has 1 aliphatic rings. The third-order valence-electron chi connectivity index (χ3n) is 3.52. The first-order valence-corrected chi connectivity index (χ1v) is 9.18. The first kappa shape index (κ1) is 14.9. The number of nitrogens with zero attached hydrogens (tertiary/aromatic N) is 1. The van der Waals surface area contributed by atoms with Crippen molar-refractivity contribution in [2.24, 2.45) is 0 Å². The second-order valence-electron chi connectivity index (χ2n) is 4.97. The van der Waals surface area contributed by atoms with Gasteiger partial charge in [-0.05, 0) is 40.9 Å².